The Morgan fingerprint density at radius 3 is 2.47 bits per heavy atom. The van der Waals surface area contributed by atoms with Crippen LogP contribution in [0.25, 0.3) is 0 Å². The predicted molar refractivity (Wildman–Crippen MR) is 63.9 cm³/mol. The molecule has 0 heterocycles. The van der Waals surface area contributed by atoms with Crippen molar-refractivity contribution >= 4 is 0 Å². The monoisotopic (exact) mass is 207 g/mol. The molecule has 1 aromatic carbocycles. The summed E-state index contributed by atoms with van der Waals surface area (Å²) in [6, 6.07) is 8.44. The number of nitrogens with zero attached hydrogens (tertiary/aromatic N) is 1. The van der Waals surface area contributed by atoms with Crippen LogP contribution in [0.15, 0.2) is 24.3 Å². The molecule has 0 spiro atoms. The zero-order valence-corrected chi connectivity index (χ0v) is 10.1. The van der Waals surface area contributed by atoms with E-state index in [1.165, 1.54) is 11.1 Å². The molecule has 0 fully saturated rings. The minimum atomic E-state index is -0.150. The largest absolute Gasteiger partial charge is 0.395 e. The molecule has 1 N–H and O–H groups in total. The Morgan fingerprint density at radius 1 is 1.27 bits per heavy atom. The number of benzene rings is 1. The smallest absolute Gasteiger partial charge is 0.0522 e. The van der Waals surface area contributed by atoms with E-state index >= 15 is 0 Å². The summed E-state index contributed by atoms with van der Waals surface area (Å²) in [5.74, 6) is 0. The van der Waals surface area contributed by atoms with Gasteiger partial charge in [0.25, 0.3) is 0 Å². The highest BCUT2D eigenvalue weighted by Crippen LogP contribution is 2.23. The number of hydrogen-bond donors (Lipinski definition) is 1. The van der Waals surface area contributed by atoms with Gasteiger partial charge in [0.2, 0.25) is 0 Å². The van der Waals surface area contributed by atoms with Gasteiger partial charge in [0.1, 0.15) is 0 Å². The molecular weight excluding hydrogens is 186 g/mol. The molecule has 1 aromatic rings. The molecule has 0 saturated carbocycles. The van der Waals surface area contributed by atoms with Gasteiger partial charge in [-0.3, -0.25) is 0 Å². The average Bonchev–Trinajstić information content (AvgIpc) is 2.17. The molecule has 0 aromatic heterocycles. The molecule has 0 bridgehead atoms. The Labute approximate surface area is 92.5 Å². The van der Waals surface area contributed by atoms with Gasteiger partial charge in [-0.25, -0.2) is 0 Å². The summed E-state index contributed by atoms with van der Waals surface area (Å²) in [5.41, 5.74) is 2.34. The van der Waals surface area contributed by atoms with Gasteiger partial charge in [-0.15, -0.1) is 0 Å². The first-order valence-electron chi connectivity index (χ1n) is 5.31. The standard InChI is InChI=1S/C13H21NO/c1-13(2,10-15)12-7-5-6-11(8-12)9-14(3)4/h5-8,15H,9-10H2,1-4H3. The maximum Gasteiger partial charge on any atom is 0.0522 e. The molecule has 0 aliphatic carbocycles. The summed E-state index contributed by atoms with van der Waals surface area (Å²) in [7, 11) is 4.12. The third-order valence-corrected chi connectivity index (χ3v) is 2.60. The maximum atomic E-state index is 9.31. The van der Waals surface area contributed by atoms with E-state index in [0.717, 1.165) is 6.54 Å². The first kappa shape index (κ1) is 12.2. The van der Waals surface area contributed by atoms with Crippen LogP contribution >= 0.6 is 0 Å². The Balaban J connectivity index is 2.92. The van der Waals surface area contributed by atoms with E-state index in [0.29, 0.717) is 0 Å². The fourth-order valence-electron chi connectivity index (χ4n) is 1.55. The SMILES string of the molecule is CN(C)Cc1cccc(C(C)(C)CO)c1. The molecule has 15 heavy (non-hydrogen) atoms. The lowest BCUT2D eigenvalue weighted by Gasteiger charge is -2.23. The quantitative estimate of drug-likeness (QED) is 0.816. The summed E-state index contributed by atoms with van der Waals surface area (Å²) < 4.78 is 0. The van der Waals surface area contributed by atoms with Gasteiger partial charge < -0.3 is 10.0 Å². The molecule has 0 atom stereocenters. The number of aliphatic hydroxyl groups is 1. The van der Waals surface area contributed by atoms with Crippen LogP contribution in [0.1, 0.15) is 25.0 Å². The van der Waals surface area contributed by atoms with Gasteiger partial charge in [-0.05, 0) is 25.2 Å². The predicted octanol–water partition coefficient (Wildman–Crippen LogP) is 2.02. The van der Waals surface area contributed by atoms with Crippen LogP contribution in [0.2, 0.25) is 0 Å². The molecule has 84 valence electrons. The zero-order valence-electron chi connectivity index (χ0n) is 10.1. The van der Waals surface area contributed by atoms with Gasteiger partial charge in [-0.1, -0.05) is 38.1 Å². The maximum absolute atomic E-state index is 9.31. The first-order chi connectivity index (χ1) is 6.95. The summed E-state index contributed by atoms with van der Waals surface area (Å²) in [6.07, 6.45) is 0. The highest BCUT2D eigenvalue weighted by Gasteiger charge is 2.19. The van der Waals surface area contributed by atoms with Crippen molar-refractivity contribution in [2.24, 2.45) is 0 Å². The molecule has 0 unspecified atom stereocenters. The lowest BCUT2D eigenvalue weighted by molar-refractivity contribution is 0.218. The lowest BCUT2D eigenvalue weighted by atomic mass is 9.85. The number of aliphatic hydroxyl groups excluding tert-OH is 1. The van der Waals surface area contributed by atoms with Crippen LogP contribution in [-0.4, -0.2) is 30.7 Å². The molecule has 1 rings (SSSR count). The van der Waals surface area contributed by atoms with Crippen LogP contribution in [0.3, 0.4) is 0 Å². The van der Waals surface area contributed by atoms with E-state index in [1.54, 1.807) is 0 Å². The molecule has 2 heteroatoms. The normalized spacial score (nSPS) is 12.1. The van der Waals surface area contributed by atoms with Gasteiger partial charge >= 0.3 is 0 Å². The van der Waals surface area contributed by atoms with E-state index < -0.39 is 0 Å². The molecule has 0 aliphatic heterocycles. The van der Waals surface area contributed by atoms with Crippen molar-refractivity contribution in [2.75, 3.05) is 20.7 Å². The fraction of sp³-hybridized carbons (Fsp3) is 0.538. The Morgan fingerprint density at radius 2 is 1.93 bits per heavy atom. The van der Waals surface area contributed by atoms with Crippen molar-refractivity contribution in [3.05, 3.63) is 35.4 Å². The van der Waals surface area contributed by atoms with Crippen molar-refractivity contribution in [3.8, 4) is 0 Å². The van der Waals surface area contributed by atoms with E-state index in [9.17, 15) is 5.11 Å². The van der Waals surface area contributed by atoms with Gasteiger partial charge in [-0.2, -0.15) is 0 Å². The summed E-state index contributed by atoms with van der Waals surface area (Å²) >= 11 is 0. The van der Waals surface area contributed by atoms with Crippen LogP contribution in [0.4, 0.5) is 0 Å². The second kappa shape index (κ2) is 4.77. The van der Waals surface area contributed by atoms with E-state index in [-0.39, 0.29) is 12.0 Å². The number of hydrogen-bond acceptors (Lipinski definition) is 2. The van der Waals surface area contributed by atoms with Gasteiger partial charge in [0, 0.05) is 12.0 Å². The lowest BCUT2D eigenvalue weighted by Crippen LogP contribution is -2.22. The topological polar surface area (TPSA) is 23.5 Å². The van der Waals surface area contributed by atoms with E-state index in [1.807, 2.05) is 0 Å². The van der Waals surface area contributed by atoms with Crippen molar-refractivity contribution in [1.29, 1.82) is 0 Å². The first-order valence-corrected chi connectivity index (χ1v) is 5.31. The van der Waals surface area contributed by atoms with Crippen LogP contribution in [0, 0.1) is 0 Å². The van der Waals surface area contributed by atoms with Crippen LogP contribution < -0.4 is 0 Å². The minimum Gasteiger partial charge on any atom is -0.395 e. The third kappa shape index (κ3) is 3.33. The Hall–Kier alpha value is -0.860. The van der Waals surface area contributed by atoms with Crippen molar-refractivity contribution in [2.45, 2.75) is 25.8 Å². The summed E-state index contributed by atoms with van der Waals surface area (Å²) in [5, 5.41) is 9.31. The summed E-state index contributed by atoms with van der Waals surface area (Å²) in [6.45, 7) is 5.23. The van der Waals surface area contributed by atoms with E-state index in [2.05, 4.69) is 57.1 Å². The Kier molecular flexibility index (Phi) is 3.89. The van der Waals surface area contributed by atoms with Crippen LogP contribution in [-0.2, 0) is 12.0 Å². The number of rotatable bonds is 4. The molecule has 0 amide bonds. The van der Waals surface area contributed by atoms with E-state index in [4.69, 9.17) is 0 Å². The molecule has 2 nitrogen and oxygen atoms in total. The minimum absolute atomic E-state index is 0.150. The second-order valence-corrected chi connectivity index (χ2v) is 4.98. The van der Waals surface area contributed by atoms with Crippen molar-refractivity contribution in [1.82, 2.24) is 4.90 Å². The zero-order chi connectivity index (χ0) is 11.5. The third-order valence-electron chi connectivity index (χ3n) is 2.60. The fourth-order valence-corrected chi connectivity index (χ4v) is 1.55. The van der Waals surface area contributed by atoms with Crippen molar-refractivity contribution < 1.29 is 5.11 Å². The second-order valence-electron chi connectivity index (χ2n) is 4.98. The highest BCUT2D eigenvalue weighted by molar-refractivity contribution is 5.29. The Bertz CT molecular complexity index is 318. The molecular formula is C13H21NO. The van der Waals surface area contributed by atoms with Crippen molar-refractivity contribution in [3.63, 3.8) is 0 Å². The molecule has 0 radical (unpaired) electrons. The summed E-state index contributed by atoms with van der Waals surface area (Å²) in [4.78, 5) is 2.14. The molecule has 0 saturated heterocycles. The average molecular weight is 207 g/mol. The van der Waals surface area contributed by atoms with Gasteiger partial charge in [0.05, 0.1) is 6.61 Å². The molecule has 0 aliphatic rings. The highest BCUT2D eigenvalue weighted by atomic mass is 16.3. The van der Waals surface area contributed by atoms with Gasteiger partial charge in [0.15, 0.2) is 0 Å². The van der Waals surface area contributed by atoms with Crippen LogP contribution in [0.5, 0.6) is 0 Å².